The van der Waals surface area contributed by atoms with Gasteiger partial charge in [0.25, 0.3) is 0 Å². The van der Waals surface area contributed by atoms with Crippen LogP contribution in [-0.4, -0.2) is 19.7 Å². The van der Waals surface area contributed by atoms with Crippen LogP contribution in [0.1, 0.15) is 12.5 Å². The number of amides is 1. The first-order chi connectivity index (χ1) is 7.26. The van der Waals surface area contributed by atoms with Crippen LogP contribution in [0.15, 0.2) is 24.3 Å². The predicted octanol–water partition coefficient (Wildman–Crippen LogP) is 1.94. The number of rotatable bonds is 4. The van der Waals surface area contributed by atoms with Crippen molar-refractivity contribution in [2.75, 3.05) is 13.7 Å². The molecule has 1 amide bonds. The predicted molar refractivity (Wildman–Crippen MR) is 56.9 cm³/mol. The molecule has 0 radical (unpaired) electrons. The van der Waals surface area contributed by atoms with Crippen LogP contribution >= 0.6 is 0 Å². The molecule has 1 rings (SSSR count). The van der Waals surface area contributed by atoms with E-state index in [9.17, 15) is 4.79 Å². The number of hydrogen-bond acceptors (Lipinski definition) is 3. The molecule has 0 saturated heterocycles. The first-order valence-corrected chi connectivity index (χ1v) is 4.82. The Balaban J connectivity index is 2.45. The van der Waals surface area contributed by atoms with Crippen LogP contribution in [0.4, 0.5) is 4.79 Å². The molecule has 82 valence electrons. The summed E-state index contributed by atoms with van der Waals surface area (Å²) < 4.78 is 10.2. The van der Waals surface area contributed by atoms with Crippen molar-refractivity contribution < 1.29 is 14.3 Å². The van der Waals surface area contributed by atoms with E-state index in [2.05, 4.69) is 5.32 Å². The van der Waals surface area contributed by atoms with Crippen LogP contribution in [0.25, 0.3) is 0 Å². The van der Waals surface area contributed by atoms with E-state index in [1.165, 1.54) is 7.05 Å². The van der Waals surface area contributed by atoms with E-state index in [0.717, 1.165) is 11.3 Å². The number of carbonyl (C=O) groups excluding carboxylic acids is 1. The maximum absolute atomic E-state index is 10.8. The maximum Gasteiger partial charge on any atom is 0.407 e. The molecule has 0 fully saturated rings. The topological polar surface area (TPSA) is 47.6 Å². The van der Waals surface area contributed by atoms with Gasteiger partial charge in [0.15, 0.2) is 0 Å². The lowest BCUT2D eigenvalue weighted by atomic mass is 10.2. The SMILES string of the molecule is CCOc1ccc(COC(=O)NC)cc1. The fraction of sp³-hybridized carbons (Fsp3) is 0.364. The molecule has 0 aliphatic rings. The normalized spacial score (nSPS) is 9.47. The van der Waals surface area contributed by atoms with Crippen molar-refractivity contribution in [2.24, 2.45) is 0 Å². The molecule has 0 atom stereocenters. The smallest absolute Gasteiger partial charge is 0.407 e. The summed E-state index contributed by atoms with van der Waals surface area (Å²) in [4.78, 5) is 10.8. The number of carbonyl (C=O) groups is 1. The number of alkyl carbamates (subject to hydrolysis) is 1. The van der Waals surface area contributed by atoms with E-state index in [1.807, 2.05) is 31.2 Å². The molecule has 15 heavy (non-hydrogen) atoms. The summed E-state index contributed by atoms with van der Waals surface area (Å²) in [6.07, 6.45) is -0.427. The third kappa shape index (κ3) is 3.89. The standard InChI is InChI=1S/C11H15NO3/c1-3-14-10-6-4-9(5-7-10)8-15-11(13)12-2/h4-7H,3,8H2,1-2H3,(H,12,13). The minimum Gasteiger partial charge on any atom is -0.494 e. The Morgan fingerprint density at radius 3 is 2.53 bits per heavy atom. The molecule has 1 N–H and O–H groups in total. The van der Waals surface area contributed by atoms with Gasteiger partial charge in [0.05, 0.1) is 6.61 Å². The van der Waals surface area contributed by atoms with Gasteiger partial charge in [-0.1, -0.05) is 12.1 Å². The number of nitrogens with one attached hydrogen (secondary N) is 1. The molecule has 0 unspecified atom stereocenters. The van der Waals surface area contributed by atoms with Gasteiger partial charge >= 0.3 is 6.09 Å². The maximum atomic E-state index is 10.8. The molecule has 0 aromatic heterocycles. The lowest BCUT2D eigenvalue weighted by Gasteiger charge is -2.05. The summed E-state index contributed by atoms with van der Waals surface area (Å²) >= 11 is 0. The summed E-state index contributed by atoms with van der Waals surface area (Å²) in [5.74, 6) is 0.821. The molecule has 1 aromatic carbocycles. The Morgan fingerprint density at radius 1 is 1.33 bits per heavy atom. The Bertz CT molecular complexity index is 308. The van der Waals surface area contributed by atoms with Crippen LogP contribution in [0.3, 0.4) is 0 Å². The summed E-state index contributed by atoms with van der Waals surface area (Å²) in [7, 11) is 1.53. The molecule has 0 bridgehead atoms. The average molecular weight is 209 g/mol. The second-order valence-corrected chi connectivity index (χ2v) is 2.90. The molecule has 0 saturated carbocycles. The van der Waals surface area contributed by atoms with E-state index in [4.69, 9.17) is 9.47 Å². The van der Waals surface area contributed by atoms with Crippen molar-refractivity contribution >= 4 is 6.09 Å². The van der Waals surface area contributed by atoms with Crippen molar-refractivity contribution in [1.29, 1.82) is 0 Å². The molecule has 4 heteroatoms. The van der Waals surface area contributed by atoms with Gasteiger partial charge in [0.1, 0.15) is 12.4 Å². The lowest BCUT2D eigenvalue weighted by molar-refractivity contribution is 0.142. The van der Waals surface area contributed by atoms with E-state index >= 15 is 0 Å². The van der Waals surface area contributed by atoms with Crippen LogP contribution < -0.4 is 10.1 Å². The molecule has 0 aliphatic heterocycles. The highest BCUT2D eigenvalue weighted by Crippen LogP contribution is 2.12. The van der Waals surface area contributed by atoms with Gasteiger partial charge in [-0.2, -0.15) is 0 Å². The van der Waals surface area contributed by atoms with Crippen molar-refractivity contribution in [3.63, 3.8) is 0 Å². The first kappa shape index (κ1) is 11.4. The Kier molecular flexibility index (Phi) is 4.47. The molecule has 0 aliphatic carbocycles. The van der Waals surface area contributed by atoms with Gasteiger partial charge in [0, 0.05) is 7.05 Å². The minimum atomic E-state index is -0.427. The van der Waals surface area contributed by atoms with Crippen molar-refractivity contribution in [3.05, 3.63) is 29.8 Å². The monoisotopic (exact) mass is 209 g/mol. The summed E-state index contributed by atoms with van der Waals surface area (Å²) in [5, 5.41) is 2.38. The number of hydrogen-bond donors (Lipinski definition) is 1. The van der Waals surface area contributed by atoms with E-state index in [1.54, 1.807) is 0 Å². The minimum absolute atomic E-state index is 0.270. The fourth-order valence-corrected chi connectivity index (χ4v) is 1.07. The van der Waals surface area contributed by atoms with Crippen molar-refractivity contribution in [2.45, 2.75) is 13.5 Å². The highest BCUT2D eigenvalue weighted by atomic mass is 16.5. The van der Waals surface area contributed by atoms with Crippen LogP contribution in [0.5, 0.6) is 5.75 Å². The molecule has 1 aromatic rings. The van der Waals surface area contributed by atoms with Crippen LogP contribution in [0.2, 0.25) is 0 Å². The van der Waals surface area contributed by atoms with E-state index in [0.29, 0.717) is 6.61 Å². The van der Waals surface area contributed by atoms with Gasteiger partial charge in [-0.05, 0) is 24.6 Å². The quantitative estimate of drug-likeness (QED) is 0.824. The third-order valence-electron chi connectivity index (χ3n) is 1.81. The van der Waals surface area contributed by atoms with Crippen LogP contribution in [0, 0.1) is 0 Å². The van der Waals surface area contributed by atoms with Crippen molar-refractivity contribution in [3.8, 4) is 5.75 Å². The summed E-state index contributed by atoms with van der Waals surface area (Å²) in [6.45, 7) is 2.85. The fourth-order valence-electron chi connectivity index (χ4n) is 1.07. The zero-order valence-corrected chi connectivity index (χ0v) is 8.95. The number of benzene rings is 1. The van der Waals surface area contributed by atoms with Gasteiger partial charge in [-0.15, -0.1) is 0 Å². The van der Waals surface area contributed by atoms with Crippen LogP contribution in [-0.2, 0) is 11.3 Å². The van der Waals surface area contributed by atoms with E-state index in [-0.39, 0.29) is 6.61 Å². The second kappa shape index (κ2) is 5.90. The Labute approximate surface area is 89.2 Å². The Morgan fingerprint density at radius 2 is 2.00 bits per heavy atom. The Hall–Kier alpha value is -1.71. The first-order valence-electron chi connectivity index (χ1n) is 4.82. The summed E-state index contributed by atoms with van der Waals surface area (Å²) in [5.41, 5.74) is 0.932. The largest absolute Gasteiger partial charge is 0.494 e. The molecule has 4 nitrogen and oxygen atoms in total. The highest BCUT2D eigenvalue weighted by Gasteiger charge is 1.99. The lowest BCUT2D eigenvalue weighted by Crippen LogP contribution is -2.18. The van der Waals surface area contributed by atoms with E-state index < -0.39 is 6.09 Å². The molecule has 0 spiro atoms. The molecular weight excluding hydrogens is 194 g/mol. The van der Waals surface area contributed by atoms with Gasteiger partial charge in [-0.25, -0.2) is 4.79 Å². The summed E-state index contributed by atoms with van der Waals surface area (Å²) in [6, 6.07) is 7.44. The average Bonchev–Trinajstić information content (AvgIpc) is 2.28. The molecule has 0 heterocycles. The third-order valence-corrected chi connectivity index (χ3v) is 1.81. The zero-order valence-electron chi connectivity index (χ0n) is 8.95. The number of ether oxygens (including phenoxy) is 2. The zero-order chi connectivity index (χ0) is 11.1. The van der Waals surface area contributed by atoms with Gasteiger partial charge < -0.3 is 14.8 Å². The van der Waals surface area contributed by atoms with Gasteiger partial charge in [-0.3, -0.25) is 0 Å². The van der Waals surface area contributed by atoms with Crippen molar-refractivity contribution in [1.82, 2.24) is 5.32 Å². The highest BCUT2D eigenvalue weighted by molar-refractivity contribution is 5.66. The second-order valence-electron chi connectivity index (χ2n) is 2.90. The molecular formula is C11H15NO3. The van der Waals surface area contributed by atoms with Gasteiger partial charge in [0.2, 0.25) is 0 Å².